The van der Waals surface area contributed by atoms with E-state index in [1.165, 1.54) is 0 Å². The quantitative estimate of drug-likeness (QED) is 0.300. The number of aromatic nitrogens is 3. The van der Waals surface area contributed by atoms with Crippen molar-refractivity contribution in [3.8, 4) is 11.3 Å². The molecule has 1 aromatic carbocycles. The van der Waals surface area contributed by atoms with Crippen molar-refractivity contribution in [2.24, 2.45) is 0 Å². The van der Waals surface area contributed by atoms with Gasteiger partial charge in [-0.05, 0) is 45.7 Å². The van der Waals surface area contributed by atoms with Crippen LogP contribution in [0.5, 0.6) is 0 Å². The molecule has 4 rings (SSSR count). The van der Waals surface area contributed by atoms with E-state index in [2.05, 4.69) is 20.4 Å². The van der Waals surface area contributed by atoms with Gasteiger partial charge in [0.15, 0.2) is 0 Å². The molecule has 1 aliphatic carbocycles. The van der Waals surface area contributed by atoms with Crippen molar-refractivity contribution in [2.45, 2.75) is 90.2 Å². The van der Waals surface area contributed by atoms with E-state index < -0.39 is 23.0 Å². The monoisotopic (exact) mass is 553 g/mol. The molecule has 2 aromatic heterocycles. The smallest absolute Gasteiger partial charge is 0.412 e. The third kappa shape index (κ3) is 6.38. The number of amides is 1. The zero-order valence-corrected chi connectivity index (χ0v) is 23.5. The van der Waals surface area contributed by atoms with Crippen LogP contribution in [0, 0.1) is 6.57 Å². The van der Waals surface area contributed by atoms with Crippen molar-refractivity contribution in [1.29, 1.82) is 0 Å². The number of rotatable bonds is 8. The lowest BCUT2D eigenvalue weighted by atomic mass is 9.65. The highest BCUT2D eigenvalue weighted by molar-refractivity contribution is 5.93. The predicted molar refractivity (Wildman–Crippen MR) is 145 cm³/mol. The van der Waals surface area contributed by atoms with E-state index in [1.807, 2.05) is 13.8 Å². The highest BCUT2D eigenvalue weighted by Crippen LogP contribution is 2.52. The summed E-state index contributed by atoms with van der Waals surface area (Å²) in [7, 11) is 0. The molecule has 212 valence electrons. The summed E-state index contributed by atoms with van der Waals surface area (Å²) < 4.78 is 38.9. The molecule has 0 aliphatic heterocycles. The second-order valence-electron chi connectivity index (χ2n) is 11.9. The average Bonchev–Trinajstić information content (AvgIpc) is 3.42. The molecule has 1 aliphatic rings. The van der Waals surface area contributed by atoms with E-state index in [0.29, 0.717) is 22.7 Å². The lowest BCUT2D eigenvalue weighted by molar-refractivity contribution is -0.122. The van der Waals surface area contributed by atoms with Gasteiger partial charge < -0.3 is 9.26 Å². The Hall–Kier alpha value is -4.07. The third-order valence-corrected chi connectivity index (χ3v) is 6.58. The minimum Gasteiger partial charge on any atom is -0.444 e. The van der Waals surface area contributed by atoms with Crippen molar-refractivity contribution in [3.63, 3.8) is 0 Å². The van der Waals surface area contributed by atoms with Crippen LogP contribution in [0.2, 0.25) is 0 Å². The lowest BCUT2D eigenvalue weighted by Gasteiger charge is -2.43. The molecular weight excluding hydrogens is 520 g/mol. The number of anilines is 1. The predicted octanol–water partition coefficient (Wildman–Crippen LogP) is 7.06. The zero-order valence-electron chi connectivity index (χ0n) is 23.5. The first-order valence-corrected chi connectivity index (χ1v) is 13.0. The van der Waals surface area contributed by atoms with Crippen molar-refractivity contribution >= 4 is 23.4 Å². The summed E-state index contributed by atoms with van der Waals surface area (Å²) in [6.45, 7) is 18.5. The number of carbonyl (C=O) groups excluding carboxylic acids is 2. The number of nitrogens with one attached hydrogen (secondary N) is 1. The Labute approximate surface area is 231 Å². The minimum atomic E-state index is -2.69. The molecule has 11 heteroatoms. The molecule has 0 radical (unpaired) electrons. The molecule has 1 fully saturated rings. The summed E-state index contributed by atoms with van der Waals surface area (Å²) in [5.74, 6) is -2.21. The van der Waals surface area contributed by atoms with Gasteiger partial charge in [-0.2, -0.15) is 5.10 Å². The van der Waals surface area contributed by atoms with Crippen molar-refractivity contribution < 1.29 is 27.6 Å². The number of Topliss-reactive ketones (excluding diaryl/α,β-unsaturated/α-hetero) is 1. The number of hydrogen-bond acceptors (Lipinski definition) is 6. The van der Waals surface area contributed by atoms with Gasteiger partial charge in [-0.3, -0.25) is 14.8 Å². The van der Waals surface area contributed by atoms with E-state index in [0.717, 1.165) is 5.56 Å². The van der Waals surface area contributed by atoms with Crippen LogP contribution in [0.25, 0.3) is 16.1 Å². The Balaban J connectivity index is 1.46. The van der Waals surface area contributed by atoms with Crippen LogP contribution >= 0.6 is 0 Å². The van der Waals surface area contributed by atoms with Gasteiger partial charge in [0, 0.05) is 36.8 Å². The molecule has 0 bridgehead atoms. The van der Waals surface area contributed by atoms with Crippen LogP contribution < -0.4 is 5.32 Å². The number of alkyl halides is 2. The van der Waals surface area contributed by atoms with Gasteiger partial charge in [0.1, 0.15) is 28.7 Å². The van der Waals surface area contributed by atoms with Crippen LogP contribution in [-0.4, -0.2) is 38.3 Å². The summed E-state index contributed by atoms with van der Waals surface area (Å²) in [6, 6.07) is 8.54. The molecule has 3 aromatic rings. The largest absolute Gasteiger partial charge is 0.444 e. The topological polar surface area (TPSA) is 104 Å². The van der Waals surface area contributed by atoms with Gasteiger partial charge in [-0.1, -0.05) is 36.3 Å². The third-order valence-electron chi connectivity index (χ3n) is 6.58. The molecule has 0 unspecified atom stereocenters. The maximum absolute atomic E-state index is 13.4. The number of halogens is 2. The maximum atomic E-state index is 13.4. The fourth-order valence-electron chi connectivity index (χ4n) is 4.83. The average molecular weight is 554 g/mol. The number of hydrogen-bond donors (Lipinski definition) is 1. The first-order chi connectivity index (χ1) is 18.6. The van der Waals surface area contributed by atoms with Crippen LogP contribution in [0.4, 0.5) is 25.1 Å². The normalized spacial score (nSPS) is 15.8. The summed E-state index contributed by atoms with van der Waals surface area (Å²) in [5.41, 5.74) is 0.989. The van der Waals surface area contributed by atoms with Crippen LogP contribution in [-0.2, 0) is 27.8 Å². The molecule has 1 amide bonds. The fraction of sp³-hybridized carbons (Fsp3) is 0.483. The van der Waals surface area contributed by atoms with Crippen LogP contribution in [0.3, 0.4) is 0 Å². The maximum Gasteiger partial charge on any atom is 0.412 e. The second kappa shape index (κ2) is 10.5. The minimum absolute atomic E-state index is 0.00157. The van der Waals surface area contributed by atoms with Gasteiger partial charge >= 0.3 is 6.09 Å². The number of benzene rings is 1. The van der Waals surface area contributed by atoms with Gasteiger partial charge in [0.25, 0.3) is 5.69 Å². The number of carbonyl (C=O) groups is 2. The number of ether oxygens (including phenoxy) is 1. The second-order valence-corrected chi connectivity index (χ2v) is 11.9. The first kappa shape index (κ1) is 28.9. The SMILES string of the molecule is [C-]#[N+]c1c(-c2ccc(CC(=O)Cc3cc(C4(C)CC(F)(F)C4)no3)cc2)nn(C(C)C)c1NC(=O)OC(C)(C)C. The van der Waals surface area contributed by atoms with Gasteiger partial charge in [0.05, 0.1) is 18.7 Å². The lowest BCUT2D eigenvalue weighted by Crippen LogP contribution is -2.47. The highest BCUT2D eigenvalue weighted by atomic mass is 19.3. The number of nitrogens with zero attached hydrogens (tertiary/aromatic N) is 4. The highest BCUT2D eigenvalue weighted by Gasteiger charge is 2.55. The molecule has 0 atom stereocenters. The molecule has 0 saturated heterocycles. The fourth-order valence-corrected chi connectivity index (χ4v) is 4.83. The van der Waals surface area contributed by atoms with E-state index in [9.17, 15) is 18.4 Å². The summed E-state index contributed by atoms with van der Waals surface area (Å²) in [5, 5.41) is 11.2. The Morgan fingerprint density at radius 3 is 2.40 bits per heavy atom. The zero-order chi connectivity index (χ0) is 29.5. The van der Waals surface area contributed by atoms with E-state index >= 15 is 0 Å². The molecule has 9 nitrogen and oxygen atoms in total. The Bertz CT molecular complexity index is 1450. The molecule has 2 heterocycles. The van der Waals surface area contributed by atoms with Gasteiger partial charge in [0.2, 0.25) is 5.92 Å². The van der Waals surface area contributed by atoms with Crippen molar-refractivity contribution in [1.82, 2.24) is 14.9 Å². The summed E-state index contributed by atoms with van der Waals surface area (Å²) in [4.78, 5) is 28.8. The Kier molecular flexibility index (Phi) is 7.58. The van der Waals surface area contributed by atoms with E-state index in [-0.39, 0.29) is 49.0 Å². The van der Waals surface area contributed by atoms with E-state index in [4.69, 9.17) is 15.8 Å². The van der Waals surface area contributed by atoms with Crippen molar-refractivity contribution in [2.75, 3.05) is 5.32 Å². The summed E-state index contributed by atoms with van der Waals surface area (Å²) in [6.07, 6.45) is -1.11. The molecule has 0 spiro atoms. The first-order valence-electron chi connectivity index (χ1n) is 13.0. The Morgan fingerprint density at radius 2 is 1.85 bits per heavy atom. The van der Waals surface area contributed by atoms with Crippen LogP contribution in [0.15, 0.2) is 34.9 Å². The standard InChI is InChI=1S/C29H33F2N5O4/c1-17(2)36-25(33-26(38)39-27(3,4)5)24(32-7)23(34-36)19-10-8-18(9-11-19)12-20(37)13-21-14-22(35-40-21)28(6)15-29(30,31)16-28/h8-11,14,17H,12-13,15-16H2,1-6H3,(H,33,38). The molecule has 40 heavy (non-hydrogen) atoms. The van der Waals surface area contributed by atoms with E-state index in [1.54, 1.807) is 62.7 Å². The Morgan fingerprint density at radius 1 is 1.20 bits per heavy atom. The van der Waals surface area contributed by atoms with Gasteiger partial charge in [-0.15, -0.1) is 0 Å². The van der Waals surface area contributed by atoms with Crippen molar-refractivity contribution in [3.05, 3.63) is 58.8 Å². The van der Waals surface area contributed by atoms with Gasteiger partial charge in [-0.25, -0.2) is 18.4 Å². The molecule has 1 N–H and O–H groups in total. The van der Waals surface area contributed by atoms with Crippen LogP contribution in [0.1, 0.15) is 77.4 Å². The molecular formula is C29H33F2N5O4. The molecule has 1 saturated carbocycles. The number of ketones is 1. The summed E-state index contributed by atoms with van der Waals surface area (Å²) >= 11 is 0.